The van der Waals surface area contributed by atoms with E-state index in [4.69, 9.17) is 10.1 Å². The van der Waals surface area contributed by atoms with E-state index < -0.39 is 0 Å². The maximum absolute atomic E-state index is 11.6. The highest BCUT2D eigenvalue weighted by Gasteiger charge is 2.26. The number of amidine groups is 2. The summed E-state index contributed by atoms with van der Waals surface area (Å²) in [6.45, 7) is 7.93. The average Bonchev–Trinajstić information content (AvgIpc) is 3.20. The van der Waals surface area contributed by atoms with Gasteiger partial charge in [-0.1, -0.05) is 0 Å². The van der Waals surface area contributed by atoms with Crippen molar-refractivity contribution in [2.75, 3.05) is 25.0 Å². The van der Waals surface area contributed by atoms with Crippen LogP contribution in [0.4, 0.5) is 10.5 Å². The zero-order valence-corrected chi connectivity index (χ0v) is 17.0. The molecule has 1 fully saturated rings. The molecule has 0 radical (unpaired) electrons. The number of aromatic amines is 1. The van der Waals surface area contributed by atoms with Gasteiger partial charge in [0.2, 0.25) is 0 Å². The molecule has 1 aliphatic heterocycles. The predicted octanol–water partition coefficient (Wildman–Crippen LogP) is 3.04. The van der Waals surface area contributed by atoms with Crippen LogP contribution in [0.1, 0.15) is 32.0 Å². The Kier molecular flexibility index (Phi) is 6.66. The van der Waals surface area contributed by atoms with E-state index in [0.717, 1.165) is 11.5 Å². The Morgan fingerprint density at radius 3 is 2.52 bits per heavy atom. The quantitative estimate of drug-likeness (QED) is 0.471. The summed E-state index contributed by atoms with van der Waals surface area (Å²) in [5.74, 6) is 0.887. The molecule has 1 aromatic heterocycles. The Labute approximate surface area is 170 Å². The molecule has 0 aliphatic carbocycles. The number of rotatable bonds is 4. The molecule has 2 atom stereocenters. The van der Waals surface area contributed by atoms with Crippen molar-refractivity contribution in [2.45, 2.75) is 33.0 Å². The number of ether oxygens (including phenoxy) is 1. The van der Waals surface area contributed by atoms with E-state index in [1.807, 2.05) is 39.1 Å². The molecule has 1 aromatic carbocycles. The average molecular weight is 396 g/mol. The number of amides is 2. The topological polar surface area (TPSA) is 106 Å². The van der Waals surface area contributed by atoms with E-state index >= 15 is 0 Å². The monoisotopic (exact) mass is 396 g/mol. The lowest BCUT2D eigenvalue weighted by Crippen LogP contribution is -2.48. The zero-order chi connectivity index (χ0) is 20.8. The molecule has 4 N–H and O–H groups in total. The molecule has 2 unspecified atom stereocenters. The number of nitrogens with zero attached hydrogens (tertiary/aromatic N) is 2. The van der Waals surface area contributed by atoms with E-state index in [1.54, 1.807) is 24.3 Å². The molecule has 154 valence electrons. The molecule has 0 bridgehead atoms. The molecule has 2 aromatic rings. The maximum atomic E-state index is 11.6. The molecule has 2 heterocycles. The van der Waals surface area contributed by atoms with Crippen LogP contribution < -0.4 is 10.6 Å². The first-order valence-electron chi connectivity index (χ1n) is 9.83. The highest BCUT2D eigenvalue weighted by atomic mass is 16.5. The summed E-state index contributed by atoms with van der Waals surface area (Å²) in [4.78, 5) is 21.6. The SMILES string of the molecule is CCNC(=O)Nc1ccc(C(=N)N=C(c2ccc[nH]2)N2CC(C)OC(C)C2)cc1. The second-order valence-corrected chi connectivity index (χ2v) is 7.09. The number of aliphatic imine (C=N–C) groups is 1. The molecule has 1 aliphatic rings. The van der Waals surface area contributed by atoms with Crippen LogP contribution in [0.25, 0.3) is 0 Å². The van der Waals surface area contributed by atoms with Gasteiger partial charge in [0.25, 0.3) is 0 Å². The van der Waals surface area contributed by atoms with Crippen molar-refractivity contribution < 1.29 is 9.53 Å². The van der Waals surface area contributed by atoms with Gasteiger partial charge in [-0.3, -0.25) is 5.41 Å². The van der Waals surface area contributed by atoms with E-state index in [1.165, 1.54) is 0 Å². The molecule has 0 spiro atoms. The van der Waals surface area contributed by atoms with Crippen LogP contribution >= 0.6 is 0 Å². The number of anilines is 1. The predicted molar refractivity (Wildman–Crippen MR) is 115 cm³/mol. The summed E-state index contributed by atoms with van der Waals surface area (Å²) in [6.07, 6.45) is 2.03. The number of morpholine rings is 1. The van der Waals surface area contributed by atoms with Gasteiger partial charge in [-0.25, -0.2) is 9.79 Å². The van der Waals surface area contributed by atoms with Gasteiger partial charge < -0.3 is 25.3 Å². The lowest BCUT2D eigenvalue weighted by atomic mass is 10.2. The number of aromatic nitrogens is 1. The van der Waals surface area contributed by atoms with Crippen molar-refractivity contribution in [1.82, 2.24) is 15.2 Å². The van der Waals surface area contributed by atoms with Crippen molar-refractivity contribution in [3.8, 4) is 0 Å². The number of carbonyl (C=O) groups is 1. The Morgan fingerprint density at radius 1 is 1.24 bits per heavy atom. The van der Waals surface area contributed by atoms with E-state index in [9.17, 15) is 4.79 Å². The first-order chi connectivity index (χ1) is 14.0. The minimum atomic E-state index is -0.252. The number of hydrogen-bond acceptors (Lipinski definition) is 3. The van der Waals surface area contributed by atoms with Gasteiger partial charge in [-0.15, -0.1) is 0 Å². The van der Waals surface area contributed by atoms with Crippen molar-refractivity contribution in [3.05, 3.63) is 53.9 Å². The molecule has 3 rings (SSSR count). The first-order valence-corrected chi connectivity index (χ1v) is 9.83. The molecule has 1 saturated heterocycles. The third-order valence-corrected chi connectivity index (χ3v) is 4.53. The van der Waals surface area contributed by atoms with Crippen LogP contribution in [0.5, 0.6) is 0 Å². The summed E-state index contributed by atoms with van der Waals surface area (Å²) in [5.41, 5.74) is 2.20. The normalized spacial score (nSPS) is 19.7. The minimum absolute atomic E-state index is 0.0905. The summed E-state index contributed by atoms with van der Waals surface area (Å²) >= 11 is 0. The summed E-state index contributed by atoms with van der Waals surface area (Å²) in [7, 11) is 0. The van der Waals surface area contributed by atoms with Gasteiger partial charge >= 0.3 is 6.03 Å². The van der Waals surface area contributed by atoms with Crippen molar-refractivity contribution in [2.24, 2.45) is 4.99 Å². The van der Waals surface area contributed by atoms with Crippen molar-refractivity contribution in [1.29, 1.82) is 5.41 Å². The van der Waals surface area contributed by atoms with Crippen LogP contribution in [0, 0.1) is 5.41 Å². The van der Waals surface area contributed by atoms with Gasteiger partial charge in [0.05, 0.1) is 17.9 Å². The van der Waals surface area contributed by atoms with E-state index in [2.05, 4.69) is 25.5 Å². The van der Waals surface area contributed by atoms with Gasteiger partial charge in [-0.2, -0.15) is 0 Å². The van der Waals surface area contributed by atoms with Gasteiger partial charge in [-0.05, 0) is 57.2 Å². The van der Waals surface area contributed by atoms with Crippen LogP contribution in [0.3, 0.4) is 0 Å². The third kappa shape index (κ3) is 5.45. The number of nitrogens with one attached hydrogen (secondary N) is 4. The smallest absolute Gasteiger partial charge is 0.319 e. The summed E-state index contributed by atoms with van der Waals surface area (Å²) < 4.78 is 5.84. The van der Waals surface area contributed by atoms with E-state index in [-0.39, 0.29) is 24.1 Å². The minimum Gasteiger partial charge on any atom is -0.372 e. The lowest BCUT2D eigenvalue weighted by molar-refractivity contribution is -0.0478. The zero-order valence-electron chi connectivity index (χ0n) is 17.0. The number of carbonyl (C=O) groups excluding carboxylic acids is 1. The fourth-order valence-corrected chi connectivity index (χ4v) is 3.34. The molecular formula is C21H28N6O2. The Bertz CT molecular complexity index is 850. The molecule has 2 amide bonds. The molecule has 29 heavy (non-hydrogen) atoms. The Balaban J connectivity index is 1.80. The highest BCUT2D eigenvalue weighted by Crippen LogP contribution is 2.16. The Hall–Kier alpha value is -3.13. The van der Waals surface area contributed by atoms with Crippen LogP contribution in [0.15, 0.2) is 47.6 Å². The highest BCUT2D eigenvalue weighted by molar-refractivity contribution is 6.09. The third-order valence-electron chi connectivity index (χ3n) is 4.53. The second kappa shape index (κ2) is 9.38. The number of urea groups is 1. The number of H-pyrrole nitrogens is 1. The molecule has 0 saturated carbocycles. The van der Waals surface area contributed by atoms with Gasteiger partial charge in [0, 0.05) is 37.1 Å². The van der Waals surface area contributed by atoms with Crippen LogP contribution in [-0.2, 0) is 4.74 Å². The number of benzene rings is 1. The fraction of sp³-hybridized carbons (Fsp3) is 0.381. The fourth-order valence-electron chi connectivity index (χ4n) is 3.34. The number of hydrogen-bond donors (Lipinski definition) is 4. The maximum Gasteiger partial charge on any atom is 0.319 e. The van der Waals surface area contributed by atoms with Crippen LogP contribution in [-0.4, -0.2) is 59.4 Å². The molecule has 8 nitrogen and oxygen atoms in total. The molecule has 8 heteroatoms. The Morgan fingerprint density at radius 2 is 1.93 bits per heavy atom. The standard InChI is InChI=1S/C21H28N6O2/c1-4-23-21(28)25-17-9-7-16(8-10-17)19(22)26-20(18-6-5-11-24-18)27-12-14(2)29-15(3)13-27/h5-11,14-15,22,24H,4,12-13H2,1-3H3,(H2,23,25,28). The van der Waals surface area contributed by atoms with Crippen molar-refractivity contribution in [3.63, 3.8) is 0 Å². The van der Waals surface area contributed by atoms with Crippen molar-refractivity contribution >= 4 is 23.4 Å². The molecular weight excluding hydrogens is 368 g/mol. The second-order valence-electron chi connectivity index (χ2n) is 7.09. The van der Waals surface area contributed by atoms with Crippen LogP contribution in [0.2, 0.25) is 0 Å². The first kappa shape index (κ1) is 20.6. The van der Waals surface area contributed by atoms with E-state index in [0.29, 0.717) is 30.9 Å². The van der Waals surface area contributed by atoms with Gasteiger partial charge in [0.15, 0.2) is 11.7 Å². The van der Waals surface area contributed by atoms with Gasteiger partial charge in [0.1, 0.15) is 0 Å². The summed E-state index contributed by atoms with van der Waals surface area (Å²) in [6, 6.07) is 10.7. The lowest BCUT2D eigenvalue weighted by Gasteiger charge is -2.37. The largest absolute Gasteiger partial charge is 0.372 e. The summed E-state index contributed by atoms with van der Waals surface area (Å²) in [5, 5.41) is 13.9.